The number of carbonyl (C=O) groups excluding carboxylic acids is 3. The van der Waals surface area contributed by atoms with Gasteiger partial charge in [0, 0.05) is 0 Å². The molecule has 172 valence electrons. The van der Waals surface area contributed by atoms with Gasteiger partial charge < -0.3 is 25.2 Å². The van der Waals surface area contributed by atoms with E-state index in [2.05, 4.69) is 10.6 Å². The summed E-state index contributed by atoms with van der Waals surface area (Å²) in [4.78, 5) is 48.3. The van der Waals surface area contributed by atoms with Crippen LogP contribution in [0.15, 0.2) is 30.3 Å². The van der Waals surface area contributed by atoms with E-state index in [0.29, 0.717) is 0 Å². The van der Waals surface area contributed by atoms with Gasteiger partial charge in [-0.05, 0) is 31.2 Å². The molecular formula is C22H32N2O7. The van der Waals surface area contributed by atoms with Crippen LogP contribution < -0.4 is 10.6 Å². The lowest BCUT2D eigenvalue weighted by molar-refractivity contribution is -0.149. The van der Waals surface area contributed by atoms with Crippen molar-refractivity contribution in [2.45, 2.75) is 59.2 Å². The maximum absolute atomic E-state index is 12.7. The number of aliphatic carboxylic acids is 1. The average Bonchev–Trinajstić information content (AvgIpc) is 2.71. The second-order valence-corrected chi connectivity index (χ2v) is 7.68. The molecule has 9 heteroatoms. The third-order valence-corrected chi connectivity index (χ3v) is 4.42. The molecule has 0 fully saturated rings. The van der Waals surface area contributed by atoms with Crippen LogP contribution >= 0.6 is 0 Å². The minimum Gasteiger partial charge on any atom is -0.480 e. The summed E-state index contributed by atoms with van der Waals surface area (Å²) in [6.07, 6.45) is -0.630. The first-order chi connectivity index (χ1) is 14.6. The molecule has 1 rings (SSSR count). The van der Waals surface area contributed by atoms with E-state index in [-0.39, 0.29) is 32.0 Å². The number of nitrogens with one attached hydrogen (secondary N) is 2. The van der Waals surface area contributed by atoms with E-state index < -0.39 is 41.9 Å². The third-order valence-electron chi connectivity index (χ3n) is 4.42. The standard InChI is InChI=1S/C22H32N2O7/c1-5-30-21(28)15(4)12-18(20(26)27)23-19(25)17(11-14(2)3)24-22(29)31-13-16-9-7-6-8-10-16/h6-10,14-15,17-18H,5,11-13H2,1-4H3,(H,23,25)(H,24,29)(H,26,27)/t15-,17+,18+/m1/s1. The van der Waals surface area contributed by atoms with Gasteiger partial charge in [-0.2, -0.15) is 0 Å². The van der Waals surface area contributed by atoms with Gasteiger partial charge in [0.25, 0.3) is 0 Å². The van der Waals surface area contributed by atoms with Gasteiger partial charge in [0.1, 0.15) is 18.7 Å². The fraction of sp³-hybridized carbons (Fsp3) is 0.545. The van der Waals surface area contributed by atoms with Gasteiger partial charge in [-0.25, -0.2) is 9.59 Å². The first-order valence-corrected chi connectivity index (χ1v) is 10.3. The van der Waals surface area contributed by atoms with Gasteiger partial charge in [0.2, 0.25) is 5.91 Å². The highest BCUT2D eigenvalue weighted by molar-refractivity contribution is 5.89. The molecule has 1 aromatic rings. The van der Waals surface area contributed by atoms with Crippen LogP contribution in [0.2, 0.25) is 0 Å². The zero-order valence-corrected chi connectivity index (χ0v) is 18.4. The number of rotatable bonds is 12. The maximum atomic E-state index is 12.7. The van der Waals surface area contributed by atoms with Crippen molar-refractivity contribution in [2.24, 2.45) is 11.8 Å². The molecule has 0 spiro atoms. The Morgan fingerprint density at radius 1 is 0.935 bits per heavy atom. The normalized spacial score (nSPS) is 13.6. The van der Waals surface area contributed by atoms with Crippen LogP contribution in [0.1, 0.15) is 46.1 Å². The van der Waals surface area contributed by atoms with Crippen molar-refractivity contribution in [3.8, 4) is 0 Å². The van der Waals surface area contributed by atoms with Crippen LogP contribution in [-0.4, -0.2) is 47.7 Å². The summed E-state index contributed by atoms with van der Waals surface area (Å²) in [5, 5.41) is 14.4. The summed E-state index contributed by atoms with van der Waals surface area (Å²) in [7, 11) is 0. The second kappa shape index (κ2) is 13.3. The highest BCUT2D eigenvalue weighted by atomic mass is 16.5. The van der Waals surface area contributed by atoms with E-state index >= 15 is 0 Å². The fourth-order valence-corrected chi connectivity index (χ4v) is 2.84. The van der Waals surface area contributed by atoms with E-state index in [4.69, 9.17) is 9.47 Å². The van der Waals surface area contributed by atoms with Crippen molar-refractivity contribution in [1.82, 2.24) is 10.6 Å². The molecule has 0 unspecified atom stereocenters. The highest BCUT2D eigenvalue weighted by Crippen LogP contribution is 2.11. The van der Waals surface area contributed by atoms with Crippen LogP contribution in [0, 0.1) is 11.8 Å². The Morgan fingerprint density at radius 3 is 2.13 bits per heavy atom. The number of benzene rings is 1. The summed E-state index contributed by atoms with van der Waals surface area (Å²) in [5.74, 6) is -3.14. The molecule has 9 nitrogen and oxygen atoms in total. The summed E-state index contributed by atoms with van der Waals surface area (Å²) >= 11 is 0. The number of carboxylic acid groups (broad SMARTS) is 1. The van der Waals surface area contributed by atoms with E-state index in [0.717, 1.165) is 5.56 Å². The van der Waals surface area contributed by atoms with Gasteiger partial charge >= 0.3 is 18.0 Å². The lowest BCUT2D eigenvalue weighted by Crippen LogP contribution is -2.52. The lowest BCUT2D eigenvalue weighted by atomic mass is 10.00. The highest BCUT2D eigenvalue weighted by Gasteiger charge is 2.30. The summed E-state index contributed by atoms with van der Waals surface area (Å²) < 4.78 is 10.0. The van der Waals surface area contributed by atoms with Gasteiger partial charge in [-0.3, -0.25) is 9.59 Å². The maximum Gasteiger partial charge on any atom is 0.408 e. The zero-order chi connectivity index (χ0) is 23.4. The predicted octanol–water partition coefficient (Wildman–Crippen LogP) is 2.49. The molecule has 0 radical (unpaired) electrons. The first-order valence-electron chi connectivity index (χ1n) is 10.3. The lowest BCUT2D eigenvalue weighted by Gasteiger charge is -2.23. The van der Waals surface area contributed by atoms with E-state index in [9.17, 15) is 24.3 Å². The monoisotopic (exact) mass is 436 g/mol. The number of hydrogen-bond donors (Lipinski definition) is 3. The van der Waals surface area contributed by atoms with Crippen molar-refractivity contribution >= 4 is 23.9 Å². The molecular weight excluding hydrogens is 404 g/mol. The molecule has 0 aliphatic heterocycles. The fourth-order valence-electron chi connectivity index (χ4n) is 2.84. The molecule has 3 atom stereocenters. The van der Waals surface area contributed by atoms with Crippen LogP contribution in [0.3, 0.4) is 0 Å². The number of ether oxygens (including phenoxy) is 2. The Kier molecular flexibility index (Phi) is 11.1. The number of carbonyl (C=O) groups is 4. The topological polar surface area (TPSA) is 131 Å². The summed E-state index contributed by atoms with van der Waals surface area (Å²) in [6, 6.07) is 6.78. The summed E-state index contributed by atoms with van der Waals surface area (Å²) in [5.41, 5.74) is 0.793. The van der Waals surface area contributed by atoms with E-state index in [1.807, 2.05) is 32.0 Å². The Labute approximate surface area is 182 Å². The number of esters is 1. The number of amides is 2. The quantitative estimate of drug-likeness (QED) is 0.429. The van der Waals surface area contributed by atoms with Crippen LogP contribution in [0.5, 0.6) is 0 Å². The molecule has 0 saturated carbocycles. The molecule has 0 aliphatic rings. The van der Waals surface area contributed by atoms with Crippen molar-refractivity contribution in [1.29, 1.82) is 0 Å². The van der Waals surface area contributed by atoms with Crippen LogP contribution in [0.4, 0.5) is 4.79 Å². The largest absolute Gasteiger partial charge is 0.480 e. The molecule has 0 bridgehead atoms. The van der Waals surface area contributed by atoms with E-state index in [1.165, 1.54) is 6.92 Å². The van der Waals surface area contributed by atoms with Gasteiger partial charge in [0.15, 0.2) is 0 Å². The van der Waals surface area contributed by atoms with Crippen molar-refractivity contribution < 1.29 is 33.8 Å². The van der Waals surface area contributed by atoms with Gasteiger partial charge in [0.05, 0.1) is 12.5 Å². The van der Waals surface area contributed by atoms with Crippen molar-refractivity contribution in [2.75, 3.05) is 6.61 Å². The number of alkyl carbamates (subject to hydrolysis) is 1. The Hall–Kier alpha value is -3.10. The molecule has 0 saturated heterocycles. The average molecular weight is 437 g/mol. The third kappa shape index (κ3) is 9.97. The first kappa shape index (κ1) is 25.9. The van der Waals surface area contributed by atoms with Crippen LogP contribution in [-0.2, 0) is 30.5 Å². The minimum atomic E-state index is -1.30. The zero-order valence-electron chi connectivity index (χ0n) is 18.4. The molecule has 0 aliphatic carbocycles. The molecule has 0 heterocycles. The molecule has 3 N–H and O–H groups in total. The van der Waals surface area contributed by atoms with Crippen molar-refractivity contribution in [3.05, 3.63) is 35.9 Å². The minimum absolute atomic E-state index is 0.0392. The van der Waals surface area contributed by atoms with Crippen LogP contribution in [0.25, 0.3) is 0 Å². The van der Waals surface area contributed by atoms with E-state index in [1.54, 1.807) is 19.1 Å². The smallest absolute Gasteiger partial charge is 0.408 e. The molecule has 31 heavy (non-hydrogen) atoms. The molecule has 2 amide bonds. The summed E-state index contributed by atoms with van der Waals surface area (Å²) in [6.45, 7) is 7.14. The Bertz CT molecular complexity index is 737. The predicted molar refractivity (Wildman–Crippen MR) is 113 cm³/mol. The molecule has 0 aromatic heterocycles. The van der Waals surface area contributed by atoms with Gasteiger partial charge in [-0.15, -0.1) is 0 Å². The second-order valence-electron chi connectivity index (χ2n) is 7.68. The Balaban J connectivity index is 2.74. The van der Waals surface area contributed by atoms with Crippen molar-refractivity contribution in [3.63, 3.8) is 0 Å². The number of carboxylic acids is 1. The molecule has 1 aromatic carbocycles. The number of hydrogen-bond acceptors (Lipinski definition) is 6. The Morgan fingerprint density at radius 2 is 1.58 bits per heavy atom. The van der Waals surface area contributed by atoms with Gasteiger partial charge in [-0.1, -0.05) is 51.1 Å². The SMILES string of the molecule is CCOC(=O)[C@H](C)C[C@H](NC(=O)[C@H](CC(C)C)NC(=O)OCc1ccccc1)C(=O)O.